The van der Waals surface area contributed by atoms with E-state index in [1.54, 1.807) is 6.92 Å². The van der Waals surface area contributed by atoms with Gasteiger partial charge in [0.1, 0.15) is 0 Å². The van der Waals surface area contributed by atoms with Crippen LogP contribution in [-0.4, -0.2) is 21.0 Å². The van der Waals surface area contributed by atoms with Crippen molar-refractivity contribution in [2.75, 3.05) is 5.32 Å². The van der Waals surface area contributed by atoms with Gasteiger partial charge in [-0.25, -0.2) is 0 Å². The summed E-state index contributed by atoms with van der Waals surface area (Å²) in [5.74, 6) is 0.560. The van der Waals surface area contributed by atoms with E-state index in [0.29, 0.717) is 12.3 Å². The first-order valence-electron chi connectivity index (χ1n) is 6.87. The van der Waals surface area contributed by atoms with Crippen molar-refractivity contribution in [1.29, 1.82) is 0 Å². The highest BCUT2D eigenvalue weighted by atomic mass is 16.5. The molecule has 0 bridgehead atoms. The number of benzene rings is 1. The summed E-state index contributed by atoms with van der Waals surface area (Å²) in [7, 11) is 0. The van der Waals surface area contributed by atoms with Crippen molar-refractivity contribution >= 4 is 22.8 Å². The number of rotatable bonds is 5. The van der Waals surface area contributed by atoms with Crippen LogP contribution >= 0.6 is 0 Å². The molecule has 0 saturated carbocycles. The molecule has 0 aliphatic carbocycles. The third-order valence-electron chi connectivity index (χ3n) is 3.30. The molecule has 0 aliphatic heterocycles. The van der Waals surface area contributed by atoms with Gasteiger partial charge in [0.25, 0.3) is 5.95 Å². The summed E-state index contributed by atoms with van der Waals surface area (Å²) in [6.07, 6.45) is 4.05. The lowest BCUT2D eigenvalue weighted by Crippen LogP contribution is -2.12. The van der Waals surface area contributed by atoms with Gasteiger partial charge in [0.05, 0.1) is 0 Å². The third kappa shape index (κ3) is 3.10. The number of aromatic nitrogens is 3. The molecule has 2 aromatic heterocycles. The second kappa shape index (κ2) is 5.78. The van der Waals surface area contributed by atoms with E-state index in [1.165, 1.54) is 10.9 Å². The van der Waals surface area contributed by atoms with Crippen LogP contribution in [0.2, 0.25) is 0 Å². The summed E-state index contributed by atoms with van der Waals surface area (Å²) in [6.45, 7) is 1.68. The molecule has 108 valence electrons. The molecule has 0 spiro atoms. The van der Waals surface area contributed by atoms with Gasteiger partial charge in [0.15, 0.2) is 0 Å². The summed E-state index contributed by atoms with van der Waals surface area (Å²) in [6, 6.07) is 8.15. The van der Waals surface area contributed by atoms with Crippen LogP contribution in [0.1, 0.15) is 24.3 Å². The number of H-pyrrole nitrogens is 1. The van der Waals surface area contributed by atoms with Crippen molar-refractivity contribution in [3.63, 3.8) is 0 Å². The quantitative estimate of drug-likeness (QED) is 0.754. The second-order valence-electron chi connectivity index (χ2n) is 4.90. The Morgan fingerprint density at radius 2 is 2.24 bits per heavy atom. The molecule has 0 fully saturated rings. The van der Waals surface area contributed by atoms with Gasteiger partial charge in [0, 0.05) is 30.4 Å². The number of amides is 1. The second-order valence-corrected chi connectivity index (χ2v) is 4.90. The highest BCUT2D eigenvalue weighted by molar-refractivity contribution is 5.89. The highest BCUT2D eigenvalue weighted by Gasteiger charge is 2.08. The Kier molecular flexibility index (Phi) is 3.68. The van der Waals surface area contributed by atoms with Crippen molar-refractivity contribution < 1.29 is 9.32 Å². The van der Waals surface area contributed by atoms with Gasteiger partial charge >= 0.3 is 0 Å². The van der Waals surface area contributed by atoms with Gasteiger partial charge in [0.2, 0.25) is 11.8 Å². The Hall–Kier alpha value is -2.63. The van der Waals surface area contributed by atoms with E-state index in [4.69, 9.17) is 4.52 Å². The molecule has 2 heterocycles. The number of hydrogen-bond acceptors (Lipinski definition) is 4. The summed E-state index contributed by atoms with van der Waals surface area (Å²) in [4.78, 5) is 18.9. The first-order chi connectivity index (χ1) is 10.2. The van der Waals surface area contributed by atoms with E-state index in [0.717, 1.165) is 18.4 Å². The Morgan fingerprint density at radius 1 is 1.38 bits per heavy atom. The van der Waals surface area contributed by atoms with Crippen LogP contribution in [0.3, 0.4) is 0 Å². The highest BCUT2D eigenvalue weighted by Crippen LogP contribution is 2.19. The molecular weight excluding hydrogens is 268 g/mol. The number of nitrogens with zero attached hydrogens (tertiary/aromatic N) is 2. The van der Waals surface area contributed by atoms with Crippen LogP contribution in [0.15, 0.2) is 35.0 Å². The van der Waals surface area contributed by atoms with Gasteiger partial charge in [-0.3, -0.25) is 10.1 Å². The van der Waals surface area contributed by atoms with Crippen LogP contribution in [0, 0.1) is 6.92 Å². The van der Waals surface area contributed by atoms with E-state index in [1.807, 2.05) is 24.4 Å². The number of para-hydroxylation sites is 1. The minimum Gasteiger partial charge on any atom is -0.361 e. The molecule has 6 nitrogen and oxygen atoms in total. The minimum absolute atomic E-state index is 0.101. The number of fused-ring (bicyclic) bond motifs is 1. The molecular formula is C15H16N4O2. The summed E-state index contributed by atoms with van der Waals surface area (Å²) < 4.78 is 4.80. The van der Waals surface area contributed by atoms with Crippen LogP contribution in [0.5, 0.6) is 0 Å². The molecule has 0 unspecified atom stereocenters. The number of nitrogens with one attached hydrogen (secondary N) is 2. The maximum atomic E-state index is 11.8. The first-order valence-corrected chi connectivity index (χ1v) is 6.87. The summed E-state index contributed by atoms with van der Waals surface area (Å²) in [5, 5.41) is 7.46. The van der Waals surface area contributed by atoms with Crippen molar-refractivity contribution in [1.82, 2.24) is 15.1 Å². The maximum absolute atomic E-state index is 11.8. The molecule has 0 radical (unpaired) electrons. The minimum atomic E-state index is -0.101. The van der Waals surface area contributed by atoms with Crippen LogP contribution in [0.4, 0.5) is 5.95 Å². The fourth-order valence-electron chi connectivity index (χ4n) is 2.32. The zero-order valence-corrected chi connectivity index (χ0v) is 11.7. The molecule has 6 heteroatoms. The molecule has 0 atom stereocenters. The zero-order chi connectivity index (χ0) is 14.7. The SMILES string of the molecule is Cc1nc(NC(=O)CCCc2c[nH]c3ccccc23)no1. The zero-order valence-electron chi connectivity index (χ0n) is 11.7. The molecule has 0 saturated heterocycles. The molecule has 21 heavy (non-hydrogen) atoms. The molecule has 2 N–H and O–H groups in total. The number of aryl methyl sites for hydroxylation is 2. The number of carbonyl (C=O) groups excluding carboxylic acids is 1. The Morgan fingerprint density at radius 3 is 3.05 bits per heavy atom. The van der Waals surface area contributed by atoms with Crippen molar-refractivity contribution in [2.24, 2.45) is 0 Å². The normalized spacial score (nSPS) is 10.9. The van der Waals surface area contributed by atoms with Crippen molar-refractivity contribution in [3.8, 4) is 0 Å². The fraction of sp³-hybridized carbons (Fsp3) is 0.267. The number of aromatic amines is 1. The number of anilines is 1. The smallest absolute Gasteiger partial charge is 0.270 e. The largest absolute Gasteiger partial charge is 0.361 e. The standard InChI is InChI=1S/C15H16N4O2/c1-10-17-15(19-21-10)18-14(20)8-4-5-11-9-16-13-7-3-2-6-12(11)13/h2-3,6-7,9,16H,4-5,8H2,1H3,(H,18,19,20). The maximum Gasteiger partial charge on any atom is 0.270 e. The van der Waals surface area contributed by atoms with E-state index in [-0.39, 0.29) is 11.9 Å². The van der Waals surface area contributed by atoms with E-state index < -0.39 is 0 Å². The van der Waals surface area contributed by atoms with Crippen molar-refractivity contribution in [3.05, 3.63) is 41.9 Å². The monoisotopic (exact) mass is 284 g/mol. The summed E-state index contributed by atoms with van der Waals surface area (Å²) >= 11 is 0. The van der Waals surface area contributed by atoms with Crippen LogP contribution in [-0.2, 0) is 11.2 Å². The molecule has 0 aliphatic rings. The van der Waals surface area contributed by atoms with Gasteiger partial charge < -0.3 is 9.51 Å². The number of carbonyl (C=O) groups is 1. The predicted octanol–water partition coefficient (Wildman–Crippen LogP) is 2.82. The molecule has 3 rings (SSSR count). The molecule has 1 amide bonds. The number of hydrogen-bond donors (Lipinski definition) is 2. The fourth-order valence-corrected chi connectivity index (χ4v) is 2.32. The Balaban J connectivity index is 1.53. The third-order valence-corrected chi connectivity index (χ3v) is 3.30. The lowest BCUT2D eigenvalue weighted by molar-refractivity contribution is -0.116. The first kappa shape index (κ1) is 13.4. The van der Waals surface area contributed by atoms with Gasteiger partial charge in [-0.1, -0.05) is 18.2 Å². The van der Waals surface area contributed by atoms with Gasteiger partial charge in [-0.15, -0.1) is 0 Å². The average molecular weight is 284 g/mol. The van der Waals surface area contributed by atoms with E-state index in [9.17, 15) is 4.79 Å². The summed E-state index contributed by atoms with van der Waals surface area (Å²) in [5.41, 5.74) is 2.35. The molecule has 3 aromatic rings. The lowest BCUT2D eigenvalue weighted by atomic mass is 10.1. The van der Waals surface area contributed by atoms with Gasteiger partial charge in [-0.05, 0) is 29.6 Å². The molecule has 1 aromatic carbocycles. The van der Waals surface area contributed by atoms with Crippen LogP contribution < -0.4 is 5.32 Å². The van der Waals surface area contributed by atoms with E-state index in [2.05, 4.69) is 26.5 Å². The Bertz CT molecular complexity index is 760. The Labute approximate surface area is 121 Å². The average Bonchev–Trinajstić information content (AvgIpc) is 3.06. The van der Waals surface area contributed by atoms with Gasteiger partial charge in [-0.2, -0.15) is 4.98 Å². The van der Waals surface area contributed by atoms with Crippen LogP contribution in [0.25, 0.3) is 10.9 Å². The van der Waals surface area contributed by atoms with Crippen molar-refractivity contribution in [2.45, 2.75) is 26.2 Å². The van der Waals surface area contributed by atoms with E-state index >= 15 is 0 Å². The topological polar surface area (TPSA) is 83.8 Å². The lowest BCUT2D eigenvalue weighted by Gasteiger charge is -2.01. The predicted molar refractivity (Wildman–Crippen MR) is 78.9 cm³/mol.